The zero-order chi connectivity index (χ0) is 32.6. The minimum atomic E-state index is -3.04. The van der Waals surface area contributed by atoms with E-state index >= 15 is 0 Å². The number of alkyl halides is 2. The molecular formula is C33H37F2N5O6. The van der Waals surface area contributed by atoms with Crippen molar-refractivity contribution in [3.63, 3.8) is 0 Å². The van der Waals surface area contributed by atoms with Crippen molar-refractivity contribution in [1.29, 1.82) is 0 Å². The number of nitrogens with one attached hydrogen (secondary N) is 4. The zero-order valence-corrected chi connectivity index (χ0v) is 25.4. The number of H-pyrrole nitrogens is 1. The third-order valence-electron chi connectivity index (χ3n) is 9.51. The predicted octanol–water partition coefficient (Wildman–Crippen LogP) is 2.49. The maximum absolute atomic E-state index is 14.7. The molecule has 1 saturated carbocycles. The Bertz CT molecular complexity index is 1650. The normalized spacial score (nSPS) is 24.7. The van der Waals surface area contributed by atoms with Crippen molar-refractivity contribution in [3.8, 4) is 5.75 Å². The third-order valence-corrected chi connectivity index (χ3v) is 9.51. The maximum Gasteiger partial charge on any atom is 0.271 e. The maximum atomic E-state index is 14.7. The summed E-state index contributed by atoms with van der Waals surface area (Å²) in [4.78, 5) is 57.6. The van der Waals surface area contributed by atoms with Gasteiger partial charge in [0.25, 0.3) is 17.7 Å². The van der Waals surface area contributed by atoms with Gasteiger partial charge in [-0.05, 0) is 49.4 Å². The molecule has 1 spiro atoms. The molecule has 3 aliphatic rings. The number of carbonyl (C=O) groups excluding carboxylic acids is 4. The van der Waals surface area contributed by atoms with E-state index in [2.05, 4.69) is 20.9 Å². The average molecular weight is 638 g/mol. The number of ether oxygens (including phenoxy) is 1. The van der Waals surface area contributed by atoms with Gasteiger partial charge in [0.05, 0.1) is 18.6 Å². The van der Waals surface area contributed by atoms with Gasteiger partial charge in [-0.1, -0.05) is 36.4 Å². The van der Waals surface area contributed by atoms with Crippen LogP contribution in [0.4, 0.5) is 8.78 Å². The number of hydrogen-bond acceptors (Lipinski definition) is 6. The van der Waals surface area contributed by atoms with Crippen molar-refractivity contribution >= 4 is 34.5 Å². The molecule has 1 unspecified atom stereocenters. The monoisotopic (exact) mass is 637 g/mol. The number of aliphatic hydroxyl groups excluding tert-OH is 1. The number of amides is 4. The van der Waals surface area contributed by atoms with E-state index in [1.54, 1.807) is 48.5 Å². The molecule has 3 heterocycles. The first-order chi connectivity index (χ1) is 22.0. The molecule has 2 aliphatic heterocycles. The fraction of sp³-hybridized carbons (Fsp3) is 0.455. The molecule has 3 aromatic rings. The second-order valence-corrected chi connectivity index (χ2v) is 12.5. The number of methoxy groups -OCH3 is 1. The van der Waals surface area contributed by atoms with Crippen LogP contribution in [-0.2, 0) is 20.9 Å². The van der Waals surface area contributed by atoms with Crippen LogP contribution in [0.15, 0.2) is 54.6 Å². The number of aromatic amines is 1. The number of nitrogens with zero attached hydrogens (tertiary/aromatic N) is 1. The molecule has 0 bridgehead atoms. The zero-order valence-electron chi connectivity index (χ0n) is 25.4. The summed E-state index contributed by atoms with van der Waals surface area (Å²) in [5.74, 6) is -5.55. The number of rotatable bonds is 10. The van der Waals surface area contributed by atoms with E-state index in [9.17, 15) is 33.1 Å². The summed E-state index contributed by atoms with van der Waals surface area (Å²) in [5, 5.41) is 19.9. The molecule has 46 heavy (non-hydrogen) atoms. The van der Waals surface area contributed by atoms with Crippen molar-refractivity contribution in [2.24, 2.45) is 11.3 Å². The smallest absolute Gasteiger partial charge is 0.271 e. The van der Waals surface area contributed by atoms with E-state index in [-0.39, 0.29) is 37.5 Å². The van der Waals surface area contributed by atoms with Crippen LogP contribution in [0.1, 0.15) is 48.2 Å². The van der Waals surface area contributed by atoms with Crippen LogP contribution in [0.5, 0.6) is 5.75 Å². The summed E-state index contributed by atoms with van der Waals surface area (Å²) in [5.41, 5.74) is -0.0433. The van der Waals surface area contributed by atoms with Crippen molar-refractivity contribution in [3.05, 3.63) is 65.9 Å². The Balaban J connectivity index is 1.24. The number of hydrogen-bond donors (Lipinski definition) is 5. The van der Waals surface area contributed by atoms with Gasteiger partial charge in [0, 0.05) is 42.9 Å². The molecule has 3 fully saturated rings. The lowest BCUT2D eigenvalue weighted by Crippen LogP contribution is -2.56. The number of aliphatic hydroxyl groups is 1. The lowest BCUT2D eigenvalue weighted by Gasteiger charge is -2.31. The van der Waals surface area contributed by atoms with Crippen LogP contribution in [0, 0.1) is 11.3 Å². The van der Waals surface area contributed by atoms with Crippen LogP contribution in [-0.4, -0.2) is 82.9 Å². The Kier molecular flexibility index (Phi) is 8.45. The molecule has 5 N–H and O–H groups in total. The molecule has 11 nitrogen and oxygen atoms in total. The molecule has 0 radical (unpaired) electrons. The summed E-state index contributed by atoms with van der Waals surface area (Å²) in [6.07, 6.45) is -1.36. The summed E-state index contributed by atoms with van der Waals surface area (Å²) in [7, 11) is 1.49. The molecule has 2 saturated heterocycles. The number of fused-ring (bicyclic) bond motifs is 1. The Morgan fingerprint density at radius 3 is 2.61 bits per heavy atom. The van der Waals surface area contributed by atoms with Crippen LogP contribution in [0.3, 0.4) is 0 Å². The molecule has 1 aromatic heterocycles. The fourth-order valence-corrected chi connectivity index (χ4v) is 6.76. The Hall–Kier alpha value is -4.52. The van der Waals surface area contributed by atoms with Gasteiger partial charge in [0.1, 0.15) is 17.5 Å². The van der Waals surface area contributed by atoms with Crippen LogP contribution in [0.2, 0.25) is 0 Å². The van der Waals surface area contributed by atoms with Gasteiger partial charge in [0.15, 0.2) is 6.10 Å². The standard InChI is InChI=1S/C33H37F2N5O6/c1-46-26-11-5-10-22-21(26)14-24(38-22)31(45)40-18-32(17-33(32,34)35)15-25(40)29(43)39-23(13-20-9-6-12-36-28(20)42)27(41)30(44)37-16-19-7-3-2-4-8-19/h2-5,7-8,10-11,14,20,23,25,27,38,41H,6,9,12-13,15-18H2,1H3,(H,36,42)(H,37,44)(H,39,43)/t20-,23-,25-,27?,32-/m0/s1. The lowest BCUT2D eigenvalue weighted by molar-refractivity contribution is -0.135. The highest BCUT2D eigenvalue weighted by Crippen LogP contribution is 2.66. The number of halogens is 2. The minimum Gasteiger partial charge on any atom is -0.496 e. The molecule has 1 aliphatic carbocycles. The molecule has 13 heteroatoms. The van der Waals surface area contributed by atoms with Crippen molar-refractivity contribution in [2.45, 2.75) is 62.8 Å². The SMILES string of the molecule is COc1cccc2[nH]c(C(=O)N3C[C@]4(C[C@H]3C(=O)N[C@@H](C[C@@H]3CCCNC3=O)C(O)C(=O)NCc3ccccc3)CC4(F)F)cc12. The van der Waals surface area contributed by atoms with Crippen LogP contribution in [0.25, 0.3) is 10.9 Å². The first kappa shape index (κ1) is 31.5. The van der Waals surface area contributed by atoms with E-state index in [0.717, 1.165) is 10.5 Å². The predicted molar refractivity (Wildman–Crippen MR) is 163 cm³/mol. The van der Waals surface area contributed by atoms with E-state index in [1.165, 1.54) is 7.11 Å². The van der Waals surface area contributed by atoms with Gasteiger partial charge >= 0.3 is 0 Å². The Morgan fingerprint density at radius 1 is 1.15 bits per heavy atom. The van der Waals surface area contributed by atoms with Gasteiger partial charge in [-0.15, -0.1) is 0 Å². The van der Waals surface area contributed by atoms with Gasteiger partial charge in [-0.25, -0.2) is 8.78 Å². The quantitative estimate of drug-likeness (QED) is 0.230. The summed E-state index contributed by atoms with van der Waals surface area (Å²) in [6, 6.07) is 13.3. The Morgan fingerprint density at radius 2 is 1.91 bits per heavy atom. The topological polar surface area (TPSA) is 153 Å². The molecule has 2 aromatic carbocycles. The second kappa shape index (κ2) is 12.3. The first-order valence-corrected chi connectivity index (χ1v) is 15.4. The van der Waals surface area contributed by atoms with E-state index in [4.69, 9.17) is 4.74 Å². The number of likely N-dealkylation sites (tertiary alicyclic amines) is 1. The first-order valence-electron chi connectivity index (χ1n) is 15.4. The number of aromatic nitrogens is 1. The van der Waals surface area contributed by atoms with Gasteiger partial charge in [-0.3, -0.25) is 19.2 Å². The summed E-state index contributed by atoms with van der Waals surface area (Å²) in [6.45, 7) is 0.292. The van der Waals surface area contributed by atoms with Gasteiger partial charge < -0.3 is 35.7 Å². The number of carbonyl (C=O) groups is 4. The van der Waals surface area contributed by atoms with Crippen LogP contribution < -0.4 is 20.7 Å². The highest BCUT2D eigenvalue weighted by Gasteiger charge is 2.75. The van der Waals surface area contributed by atoms with E-state index in [0.29, 0.717) is 36.0 Å². The Labute approximate surface area is 264 Å². The van der Waals surface area contributed by atoms with E-state index in [1.807, 2.05) is 6.07 Å². The van der Waals surface area contributed by atoms with Crippen molar-refractivity contribution in [2.75, 3.05) is 20.2 Å². The van der Waals surface area contributed by atoms with Gasteiger partial charge in [-0.2, -0.15) is 0 Å². The third kappa shape index (κ3) is 6.03. The average Bonchev–Trinajstić information content (AvgIpc) is 3.38. The van der Waals surface area contributed by atoms with Crippen LogP contribution >= 0.6 is 0 Å². The molecule has 244 valence electrons. The largest absolute Gasteiger partial charge is 0.496 e. The summed E-state index contributed by atoms with van der Waals surface area (Å²) < 4.78 is 34.7. The van der Waals surface area contributed by atoms with Crippen molar-refractivity contribution < 1.29 is 37.8 Å². The molecule has 4 amide bonds. The highest BCUT2D eigenvalue weighted by molar-refractivity contribution is 6.02. The second-order valence-electron chi connectivity index (χ2n) is 12.5. The fourth-order valence-electron chi connectivity index (χ4n) is 6.76. The number of piperidine rings is 1. The highest BCUT2D eigenvalue weighted by atomic mass is 19.3. The van der Waals surface area contributed by atoms with Crippen molar-refractivity contribution in [1.82, 2.24) is 25.8 Å². The van der Waals surface area contributed by atoms with Gasteiger partial charge in [0.2, 0.25) is 11.8 Å². The number of benzene rings is 2. The molecule has 6 rings (SSSR count). The van der Waals surface area contributed by atoms with E-state index < -0.39 is 59.6 Å². The molecular weight excluding hydrogens is 600 g/mol. The molecule has 5 atom stereocenters. The summed E-state index contributed by atoms with van der Waals surface area (Å²) >= 11 is 0. The minimum absolute atomic E-state index is 0.0543. The lowest BCUT2D eigenvalue weighted by atomic mass is 9.89.